The van der Waals surface area contributed by atoms with Crippen molar-refractivity contribution in [1.29, 1.82) is 0 Å². The molecule has 3 aliphatic rings. The van der Waals surface area contributed by atoms with Crippen LogP contribution in [-0.2, 0) is 15.8 Å². The topological polar surface area (TPSA) is 116 Å². The normalized spacial score (nSPS) is 20.8. The number of pyridine rings is 1. The summed E-state index contributed by atoms with van der Waals surface area (Å²) in [5.41, 5.74) is 0.233. The summed E-state index contributed by atoms with van der Waals surface area (Å²) >= 11 is 6.10. The summed E-state index contributed by atoms with van der Waals surface area (Å²) < 4.78 is 27.4. The Morgan fingerprint density at radius 3 is 2.74 bits per heavy atom. The van der Waals surface area contributed by atoms with Crippen LogP contribution in [0.4, 0.5) is 4.39 Å². The van der Waals surface area contributed by atoms with Crippen LogP contribution in [0.2, 0.25) is 5.02 Å². The van der Waals surface area contributed by atoms with Gasteiger partial charge in [0.05, 0.1) is 35.8 Å². The molecule has 0 bridgehead atoms. The Morgan fingerprint density at radius 1 is 1.28 bits per heavy atom. The summed E-state index contributed by atoms with van der Waals surface area (Å²) in [5, 5.41) is 20.4. The number of aliphatic hydroxyl groups is 1. The number of amides is 1. The van der Waals surface area contributed by atoms with Crippen molar-refractivity contribution in [3.05, 3.63) is 70.3 Å². The van der Waals surface area contributed by atoms with Crippen LogP contribution in [0.5, 0.6) is 11.5 Å². The Bertz CT molecular complexity index is 1800. The van der Waals surface area contributed by atoms with E-state index in [-0.39, 0.29) is 30.0 Å². The van der Waals surface area contributed by atoms with Crippen LogP contribution in [0.15, 0.2) is 42.6 Å². The lowest BCUT2D eigenvalue weighted by Crippen LogP contribution is -2.43. The van der Waals surface area contributed by atoms with Crippen LogP contribution in [0, 0.1) is 11.7 Å². The second-order valence-electron chi connectivity index (χ2n) is 12.0. The lowest BCUT2D eigenvalue weighted by atomic mass is 9.83. The second kappa shape index (κ2) is 10.0. The van der Waals surface area contributed by atoms with Crippen LogP contribution >= 0.6 is 11.6 Å². The molecule has 0 radical (unpaired) electrons. The molecule has 0 saturated heterocycles. The number of nitrogens with zero attached hydrogens (tertiary/aromatic N) is 3. The van der Waals surface area contributed by atoms with Crippen molar-refractivity contribution in [3.63, 3.8) is 0 Å². The number of fused-ring (bicyclic) bond motifs is 2. The van der Waals surface area contributed by atoms with Crippen LogP contribution in [0.3, 0.4) is 0 Å². The highest BCUT2D eigenvalue weighted by molar-refractivity contribution is 6.31. The van der Waals surface area contributed by atoms with Gasteiger partial charge >= 0.3 is 0 Å². The van der Waals surface area contributed by atoms with E-state index in [9.17, 15) is 19.1 Å². The number of hydrogen-bond acceptors (Lipinski definition) is 7. The van der Waals surface area contributed by atoms with Gasteiger partial charge in [-0.3, -0.25) is 9.48 Å². The van der Waals surface area contributed by atoms with Crippen molar-refractivity contribution in [3.8, 4) is 22.8 Å². The van der Waals surface area contributed by atoms with E-state index in [1.165, 1.54) is 18.2 Å². The van der Waals surface area contributed by atoms with Crippen LogP contribution < -0.4 is 14.8 Å². The highest BCUT2D eigenvalue weighted by atomic mass is 35.5. The van der Waals surface area contributed by atoms with Gasteiger partial charge in [0.15, 0.2) is 0 Å². The molecule has 0 spiro atoms. The van der Waals surface area contributed by atoms with Gasteiger partial charge in [-0.05, 0) is 74.9 Å². The predicted molar refractivity (Wildman–Crippen MR) is 157 cm³/mol. The highest BCUT2D eigenvalue weighted by Gasteiger charge is 2.49. The number of carbonyl (C=O) groups is 2. The molecule has 2 aliphatic carbocycles. The average molecular weight is 605 g/mol. The average Bonchev–Trinajstić information content (AvgIpc) is 3.96. The van der Waals surface area contributed by atoms with E-state index in [0.29, 0.717) is 51.1 Å². The van der Waals surface area contributed by atoms with Crippen molar-refractivity contribution in [2.45, 2.75) is 49.7 Å². The first-order chi connectivity index (χ1) is 20.6. The molecule has 2 atom stereocenters. The van der Waals surface area contributed by atoms with Crippen LogP contribution in [0.1, 0.15) is 60.3 Å². The van der Waals surface area contributed by atoms with E-state index in [1.54, 1.807) is 32.2 Å². The second-order valence-corrected chi connectivity index (χ2v) is 12.4. The Labute approximate surface area is 252 Å². The van der Waals surface area contributed by atoms with Crippen LogP contribution in [0.25, 0.3) is 22.2 Å². The summed E-state index contributed by atoms with van der Waals surface area (Å²) in [5.74, 6) is -0.248. The number of halogens is 2. The molecule has 2 aromatic heterocycles. The Kier molecular flexibility index (Phi) is 6.48. The first-order valence-corrected chi connectivity index (χ1v) is 14.7. The van der Waals surface area contributed by atoms with Gasteiger partial charge in [-0.2, -0.15) is 5.10 Å². The SMILES string of the molecule is COc1cc(C(=O)NC[C@](O)(c2cc3c(c(-c4ccc(F)c(Cl)c4)n2)OC[C@]3(C)C=O)C2CC2)cc2cn(C3CC3)nc12. The molecule has 1 amide bonds. The van der Waals surface area contributed by atoms with Crippen molar-refractivity contribution in [2.75, 3.05) is 20.3 Å². The smallest absolute Gasteiger partial charge is 0.251 e. The molecule has 222 valence electrons. The Morgan fingerprint density at radius 2 is 2.07 bits per heavy atom. The number of ether oxygens (including phenoxy) is 2. The fraction of sp³-hybridized carbons (Fsp3) is 0.375. The first kappa shape index (κ1) is 27.8. The third kappa shape index (κ3) is 4.73. The van der Waals surface area contributed by atoms with Crippen LogP contribution in [-0.4, -0.2) is 52.3 Å². The number of rotatable bonds is 9. The maximum Gasteiger partial charge on any atom is 0.251 e. The molecule has 0 unspecified atom stereocenters. The minimum absolute atomic E-state index is 0.0885. The lowest BCUT2D eigenvalue weighted by Gasteiger charge is -2.30. The molecule has 2 N–H and O–H groups in total. The van der Waals surface area contributed by atoms with E-state index >= 15 is 0 Å². The molecule has 7 rings (SSSR count). The highest BCUT2D eigenvalue weighted by Crippen LogP contribution is 2.50. The number of methoxy groups -OCH3 is 1. The van der Waals surface area contributed by atoms with Gasteiger partial charge in [-0.15, -0.1) is 0 Å². The zero-order valence-electron chi connectivity index (χ0n) is 23.7. The van der Waals surface area contributed by atoms with E-state index < -0.39 is 16.8 Å². The first-order valence-electron chi connectivity index (χ1n) is 14.3. The Hall–Kier alpha value is -4.02. The maximum atomic E-state index is 14.0. The summed E-state index contributed by atoms with van der Waals surface area (Å²) in [4.78, 5) is 30.5. The minimum Gasteiger partial charge on any atom is -0.494 e. The number of aldehydes is 1. The number of aromatic nitrogens is 3. The predicted octanol–water partition coefficient (Wildman–Crippen LogP) is 5.11. The molecule has 2 saturated carbocycles. The molecule has 2 aromatic carbocycles. The van der Waals surface area contributed by atoms with E-state index in [2.05, 4.69) is 10.4 Å². The summed E-state index contributed by atoms with van der Waals surface area (Å²) in [6.07, 6.45) is 6.38. The molecule has 4 aromatic rings. The van der Waals surface area contributed by atoms with Gasteiger partial charge in [0.1, 0.15) is 47.0 Å². The molecular weight excluding hydrogens is 575 g/mol. The quantitative estimate of drug-likeness (QED) is 0.255. The fourth-order valence-corrected chi connectivity index (χ4v) is 6.00. The molecule has 11 heteroatoms. The van der Waals surface area contributed by atoms with Gasteiger partial charge in [-0.1, -0.05) is 11.6 Å². The molecular formula is C32H30ClFN4O5. The largest absolute Gasteiger partial charge is 0.494 e. The van der Waals surface area contributed by atoms with Gasteiger partial charge in [0.25, 0.3) is 5.91 Å². The lowest BCUT2D eigenvalue weighted by molar-refractivity contribution is -0.112. The van der Waals surface area contributed by atoms with Gasteiger partial charge in [0, 0.05) is 28.3 Å². The van der Waals surface area contributed by atoms with Gasteiger partial charge in [-0.25, -0.2) is 9.37 Å². The Balaban J connectivity index is 1.25. The zero-order valence-corrected chi connectivity index (χ0v) is 24.4. The standard InChI is InChI=1S/C32H30ClFN4O5/c1-31(15-39)16-43-29-22(31)12-26(36-28(29)17-3-8-24(34)23(33)10-17)32(41,20-4-5-20)14-35-30(40)18-9-19-13-38(21-6-7-21)37-27(19)25(11-18)42-2/h3,8-13,15,20-21,41H,4-7,14,16H2,1-2H3,(H,35,40)/t31-,32+/m0/s1. The van der Waals surface area contributed by atoms with Crippen molar-refractivity contribution in [1.82, 2.24) is 20.1 Å². The monoisotopic (exact) mass is 604 g/mol. The third-order valence-corrected chi connectivity index (χ3v) is 9.06. The number of nitrogens with one attached hydrogen (secondary N) is 1. The minimum atomic E-state index is -1.54. The van der Waals surface area contributed by atoms with E-state index in [0.717, 1.165) is 37.4 Å². The van der Waals surface area contributed by atoms with Crippen molar-refractivity contribution in [2.24, 2.45) is 5.92 Å². The molecule has 43 heavy (non-hydrogen) atoms. The summed E-state index contributed by atoms with van der Waals surface area (Å²) in [6, 6.07) is 9.69. The molecule has 9 nitrogen and oxygen atoms in total. The number of benzene rings is 2. The fourth-order valence-electron chi connectivity index (χ4n) is 5.82. The number of carbonyl (C=O) groups excluding carboxylic acids is 2. The summed E-state index contributed by atoms with van der Waals surface area (Å²) in [6.45, 7) is 1.73. The van der Waals surface area contributed by atoms with Gasteiger partial charge in [0.2, 0.25) is 0 Å². The van der Waals surface area contributed by atoms with E-state index in [4.69, 9.17) is 26.1 Å². The van der Waals surface area contributed by atoms with Crippen molar-refractivity contribution >= 4 is 34.7 Å². The maximum absolute atomic E-state index is 14.0. The van der Waals surface area contributed by atoms with E-state index in [1.807, 2.05) is 10.9 Å². The zero-order chi connectivity index (χ0) is 30.1. The van der Waals surface area contributed by atoms with Gasteiger partial charge < -0.3 is 24.7 Å². The molecule has 1 aliphatic heterocycles. The summed E-state index contributed by atoms with van der Waals surface area (Å²) in [7, 11) is 1.54. The number of hydrogen-bond donors (Lipinski definition) is 2. The molecule has 2 fully saturated rings. The third-order valence-electron chi connectivity index (χ3n) is 8.77. The van der Waals surface area contributed by atoms with Crippen molar-refractivity contribution < 1.29 is 28.6 Å². The molecule has 3 heterocycles.